The van der Waals surface area contributed by atoms with Crippen LogP contribution in [-0.4, -0.2) is 54.6 Å². The Hall–Kier alpha value is -4.01. The number of aromatic amines is 1. The molecule has 2 aromatic heterocycles. The molecule has 4 aromatic rings. The predicted molar refractivity (Wildman–Crippen MR) is 140 cm³/mol. The molecule has 0 bridgehead atoms. The highest BCUT2D eigenvalue weighted by molar-refractivity contribution is 7.92. The normalized spacial score (nSPS) is 20.9. The maximum atomic E-state index is 15.0. The minimum Gasteiger partial charge on any atom is -0.350 e. The van der Waals surface area contributed by atoms with Crippen LogP contribution in [0.5, 0.6) is 0 Å². The molecule has 1 amide bonds. The first-order chi connectivity index (χ1) is 20.5. The van der Waals surface area contributed by atoms with E-state index in [4.69, 9.17) is 0 Å². The Morgan fingerprint density at radius 2 is 1.64 bits per heavy atom. The summed E-state index contributed by atoms with van der Waals surface area (Å²) in [5.74, 6) is -2.20. The topological polar surface area (TPSA) is 83.1 Å². The van der Waals surface area contributed by atoms with Gasteiger partial charge in [-0.3, -0.25) is 9.78 Å². The third kappa shape index (κ3) is 4.22. The van der Waals surface area contributed by atoms with Crippen LogP contribution in [0.15, 0.2) is 71.9 Å². The summed E-state index contributed by atoms with van der Waals surface area (Å²) in [4.78, 5) is 21.5. The zero-order valence-electron chi connectivity index (χ0n) is 22.3. The van der Waals surface area contributed by atoms with E-state index in [9.17, 15) is 48.3 Å². The van der Waals surface area contributed by atoms with Crippen molar-refractivity contribution in [2.45, 2.75) is 40.5 Å². The number of aromatic nitrogens is 2. The van der Waals surface area contributed by atoms with Gasteiger partial charge in [-0.15, -0.1) is 0 Å². The Bertz CT molecular complexity index is 1840. The number of benzene rings is 2. The molecule has 3 heterocycles. The summed E-state index contributed by atoms with van der Waals surface area (Å²) < 4.78 is 137. The number of likely N-dealkylation sites (tertiary alicyclic amines) is 1. The molecule has 1 aliphatic heterocycles. The van der Waals surface area contributed by atoms with Gasteiger partial charge in [0, 0.05) is 47.9 Å². The lowest BCUT2D eigenvalue weighted by atomic mass is 9.75. The van der Waals surface area contributed by atoms with Gasteiger partial charge >= 0.3 is 18.0 Å². The first kappa shape index (κ1) is 30.0. The van der Waals surface area contributed by atoms with E-state index in [-0.39, 0.29) is 41.1 Å². The molecule has 1 aliphatic carbocycles. The van der Waals surface area contributed by atoms with Crippen molar-refractivity contribution in [1.82, 2.24) is 14.9 Å². The van der Waals surface area contributed by atoms with Crippen LogP contribution in [0.25, 0.3) is 10.9 Å². The summed E-state index contributed by atoms with van der Waals surface area (Å²) in [5.41, 5.74) is -7.14. The molecule has 0 radical (unpaired) electrons. The fourth-order valence-corrected chi connectivity index (χ4v) is 8.81. The van der Waals surface area contributed by atoms with E-state index < -0.39 is 62.4 Å². The van der Waals surface area contributed by atoms with Crippen LogP contribution in [0.3, 0.4) is 0 Å². The molecular weight excluding hydrogens is 622 g/mol. The van der Waals surface area contributed by atoms with Crippen LogP contribution < -0.4 is 0 Å². The van der Waals surface area contributed by atoms with Gasteiger partial charge in [0.1, 0.15) is 16.3 Å². The lowest BCUT2D eigenvalue weighted by Crippen LogP contribution is -2.51. The lowest BCUT2D eigenvalue weighted by Gasteiger charge is -2.40. The summed E-state index contributed by atoms with van der Waals surface area (Å²) in [7, 11) is -4.59. The number of nitrogens with one attached hydrogen (secondary N) is 1. The number of halogens is 8. The number of fused-ring (bicyclic) bond motifs is 4. The molecule has 6 rings (SSSR count). The van der Waals surface area contributed by atoms with Gasteiger partial charge in [0.05, 0.1) is 4.90 Å². The Kier molecular flexibility index (Phi) is 6.65. The van der Waals surface area contributed by atoms with E-state index >= 15 is 0 Å². The van der Waals surface area contributed by atoms with Crippen molar-refractivity contribution in [1.29, 1.82) is 0 Å². The van der Waals surface area contributed by atoms with Crippen molar-refractivity contribution in [3.63, 3.8) is 0 Å². The van der Waals surface area contributed by atoms with Gasteiger partial charge in [-0.2, -0.15) is 26.3 Å². The van der Waals surface area contributed by atoms with Crippen LogP contribution in [0, 0.1) is 11.7 Å². The Morgan fingerprint density at radius 1 is 0.955 bits per heavy atom. The van der Waals surface area contributed by atoms with Gasteiger partial charge in [0.15, 0.2) is 9.84 Å². The van der Waals surface area contributed by atoms with E-state index in [0.29, 0.717) is 23.0 Å². The van der Waals surface area contributed by atoms with Gasteiger partial charge in [-0.25, -0.2) is 17.2 Å². The second-order valence-electron chi connectivity index (χ2n) is 10.9. The SMILES string of the molecule is O=C(c1cc2cnccc2[nH]1)N1CC2CCc3cc(C(F)(C(F)(F)F)C(F)(F)F)ccc3C2(S(=O)(=O)c2ccc(F)cc2)C1. The third-order valence-electron chi connectivity index (χ3n) is 8.57. The largest absolute Gasteiger partial charge is 0.435 e. The van der Waals surface area contributed by atoms with Gasteiger partial charge < -0.3 is 9.88 Å². The number of amides is 1. The third-order valence-corrected chi connectivity index (χ3v) is 11.1. The molecule has 1 fully saturated rings. The predicted octanol–water partition coefficient (Wildman–Crippen LogP) is 6.38. The van der Waals surface area contributed by atoms with Gasteiger partial charge in [0.2, 0.25) is 0 Å². The van der Waals surface area contributed by atoms with Crippen molar-refractivity contribution in [3.05, 3.63) is 95.2 Å². The number of aryl methyl sites for hydroxylation is 1. The fourth-order valence-electron chi connectivity index (χ4n) is 6.45. The summed E-state index contributed by atoms with van der Waals surface area (Å²) in [6.45, 7) is -0.637. The lowest BCUT2D eigenvalue weighted by molar-refractivity contribution is -0.348. The molecular formula is C29H21F8N3O3S. The standard InChI is InChI=1S/C29H21F8N3O3S/c30-20-4-6-21(7-5-20)44(42,43)26-15-40(25(41)24-12-17-13-38-10-9-23(17)39-24)14-19(26)2-1-16-11-18(3-8-22(16)26)27(31,28(32,33)34)29(35,36)37/h3-13,19,39H,1-2,14-15H2. The van der Waals surface area contributed by atoms with E-state index in [2.05, 4.69) is 9.97 Å². The molecule has 232 valence electrons. The highest BCUT2D eigenvalue weighted by atomic mass is 32.2. The molecule has 2 aromatic carbocycles. The first-order valence-electron chi connectivity index (χ1n) is 13.2. The Balaban J connectivity index is 1.51. The fraction of sp³-hybridized carbons (Fsp3) is 0.310. The maximum Gasteiger partial charge on any atom is 0.435 e. The maximum absolute atomic E-state index is 15.0. The van der Waals surface area contributed by atoms with Crippen LogP contribution in [0.1, 0.15) is 33.6 Å². The van der Waals surface area contributed by atoms with Crippen molar-refractivity contribution < 1.29 is 48.3 Å². The second-order valence-corrected chi connectivity index (χ2v) is 13.1. The Morgan fingerprint density at radius 3 is 2.27 bits per heavy atom. The van der Waals surface area contributed by atoms with E-state index in [1.165, 1.54) is 23.4 Å². The van der Waals surface area contributed by atoms with E-state index in [1.54, 1.807) is 6.07 Å². The molecule has 0 spiro atoms. The molecule has 15 heteroatoms. The van der Waals surface area contributed by atoms with Gasteiger partial charge in [0.25, 0.3) is 5.91 Å². The summed E-state index contributed by atoms with van der Waals surface area (Å²) in [5, 5.41) is 0.600. The minimum atomic E-state index is -6.36. The number of pyridine rings is 1. The molecule has 44 heavy (non-hydrogen) atoms. The monoisotopic (exact) mass is 643 g/mol. The number of rotatable bonds is 4. The highest BCUT2D eigenvalue weighted by Crippen LogP contribution is 2.56. The average Bonchev–Trinajstić information content (AvgIpc) is 3.58. The van der Waals surface area contributed by atoms with Crippen molar-refractivity contribution in [2.75, 3.05) is 13.1 Å². The van der Waals surface area contributed by atoms with E-state index in [1.807, 2.05) is 0 Å². The molecule has 2 atom stereocenters. The molecule has 0 saturated carbocycles. The smallest absolute Gasteiger partial charge is 0.350 e. The van der Waals surface area contributed by atoms with Gasteiger partial charge in [-0.05, 0) is 60.4 Å². The quantitative estimate of drug-likeness (QED) is 0.207. The van der Waals surface area contributed by atoms with Crippen LogP contribution >= 0.6 is 0 Å². The number of sulfone groups is 1. The summed E-state index contributed by atoms with van der Waals surface area (Å²) in [6.07, 6.45) is -9.96. The number of alkyl halides is 7. The molecule has 2 aliphatic rings. The number of nitrogens with zero attached hydrogens (tertiary/aromatic N) is 2. The molecule has 1 saturated heterocycles. The second kappa shape index (κ2) is 9.74. The minimum absolute atomic E-state index is 0.0609. The number of H-pyrrole nitrogens is 1. The van der Waals surface area contributed by atoms with Gasteiger partial charge in [-0.1, -0.05) is 18.2 Å². The zero-order chi connectivity index (χ0) is 31.9. The zero-order valence-corrected chi connectivity index (χ0v) is 23.1. The number of carbonyl (C=O) groups is 1. The van der Waals surface area contributed by atoms with Crippen molar-refractivity contribution in [2.24, 2.45) is 5.92 Å². The van der Waals surface area contributed by atoms with Crippen molar-refractivity contribution >= 4 is 26.6 Å². The Labute approximate surface area is 244 Å². The molecule has 2 unspecified atom stereocenters. The highest BCUT2D eigenvalue weighted by Gasteiger charge is 2.73. The van der Waals surface area contributed by atoms with Crippen LogP contribution in [0.2, 0.25) is 0 Å². The first-order valence-corrected chi connectivity index (χ1v) is 14.7. The average molecular weight is 644 g/mol. The van der Waals surface area contributed by atoms with Crippen LogP contribution in [-0.2, 0) is 26.7 Å². The summed E-state index contributed by atoms with van der Waals surface area (Å²) in [6, 6.07) is 8.38. The summed E-state index contributed by atoms with van der Waals surface area (Å²) >= 11 is 0. The molecule has 1 N–H and O–H groups in total. The number of carbonyl (C=O) groups excluding carboxylic acids is 1. The number of hydrogen-bond donors (Lipinski definition) is 1. The van der Waals surface area contributed by atoms with Crippen LogP contribution in [0.4, 0.5) is 35.1 Å². The number of hydrogen-bond acceptors (Lipinski definition) is 4. The van der Waals surface area contributed by atoms with E-state index in [0.717, 1.165) is 30.3 Å². The van der Waals surface area contributed by atoms with Crippen molar-refractivity contribution in [3.8, 4) is 0 Å². The molecule has 6 nitrogen and oxygen atoms in total.